The Balaban J connectivity index is 3.28. The first kappa shape index (κ1) is 15.0. The fourth-order valence-electron chi connectivity index (χ4n) is 2.01. The number of nitrogens with zero attached hydrogens (tertiary/aromatic N) is 1. The largest absolute Gasteiger partial charge is 0.303 e. The lowest BCUT2D eigenvalue weighted by Gasteiger charge is -2.20. The Morgan fingerprint density at radius 3 is 1.80 bits per heavy atom. The molecule has 0 saturated heterocycles. The van der Waals surface area contributed by atoms with E-state index in [-0.39, 0.29) is 0 Å². The molecule has 0 aromatic carbocycles. The van der Waals surface area contributed by atoms with Crippen LogP contribution in [0.2, 0.25) is 0 Å². The molecule has 0 N–H and O–H groups in total. The summed E-state index contributed by atoms with van der Waals surface area (Å²) in [6, 6.07) is 0. The van der Waals surface area contributed by atoms with Crippen LogP contribution in [0.15, 0.2) is 0 Å². The Morgan fingerprint density at radius 2 is 1.27 bits per heavy atom. The second kappa shape index (κ2) is 12.0. The third kappa shape index (κ3) is 10.2. The van der Waals surface area contributed by atoms with E-state index in [2.05, 4.69) is 25.7 Å². The Kier molecular flexibility index (Phi) is 12.0. The maximum atomic E-state index is 3.87. The van der Waals surface area contributed by atoms with Crippen LogP contribution in [0.4, 0.5) is 0 Å². The highest BCUT2D eigenvalue weighted by molar-refractivity contribution is 4.56. The molecule has 0 bridgehead atoms. The van der Waals surface area contributed by atoms with Crippen molar-refractivity contribution in [3.05, 3.63) is 6.92 Å². The quantitative estimate of drug-likeness (QED) is 0.462. The molecular weight excluding hydrogens is 182 g/mol. The molecule has 0 aliphatic heterocycles. The molecule has 15 heavy (non-hydrogen) atoms. The first-order valence-corrected chi connectivity index (χ1v) is 6.86. The fourth-order valence-corrected chi connectivity index (χ4v) is 2.01. The minimum absolute atomic E-state index is 1.11. The van der Waals surface area contributed by atoms with Gasteiger partial charge in [-0.1, -0.05) is 52.9 Å². The zero-order chi connectivity index (χ0) is 11.4. The molecule has 1 radical (unpaired) electrons. The average Bonchev–Trinajstić information content (AvgIpc) is 2.24. The lowest BCUT2D eigenvalue weighted by molar-refractivity contribution is 0.268. The third-order valence-corrected chi connectivity index (χ3v) is 2.80. The summed E-state index contributed by atoms with van der Waals surface area (Å²) in [5, 5.41) is 0. The van der Waals surface area contributed by atoms with Crippen molar-refractivity contribution in [3.63, 3.8) is 0 Å². The Labute approximate surface area is 97.2 Å². The molecule has 0 heterocycles. The summed E-state index contributed by atoms with van der Waals surface area (Å²) in [5.41, 5.74) is 0. The highest BCUT2D eigenvalue weighted by atomic mass is 15.1. The summed E-state index contributed by atoms with van der Waals surface area (Å²) in [6.45, 7) is 12.3. The van der Waals surface area contributed by atoms with E-state index in [0.717, 1.165) is 6.42 Å². The second-order valence-corrected chi connectivity index (χ2v) is 4.46. The van der Waals surface area contributed by atoms with Crippen LogP contribution in [0.3, 0.4) is 0 Å². The SMILES string of the molecule is [CH2]CCCCCCCN(CCC)CCC. The van der Waals surface area contributed by atoms with E-state index in [1.165, 1.54) is 64.6 Å². The number of hydrogen-bond donors (Lipinski definition) is 0. The second-order valence-electron chi connectivity index (χ2n) is 4.46. The summed E-state index contributed by atoms with van der Waals surface area (Å²) in [7, 11) is 0. The summed E-state index contributed by atoms with van der Waals surface area (Å²) < 4.78 is 0. The van der Waals surface area contributed by atoms with Gasteiger partial charge in [0.1, 0.15) is 0 Å². The topological polar surface area (TPSA) is 3.24 Å². The molecular formula is C14H30N. The summed E-state index contributed by atoms with van der Waals surface area (Å²) in [6.07, 6.45) is 10.6. The van der Waals surface area contributed by atoms with Gasteiger partial charge in [-0.05, 0) is 38.9 Å². The first-order chi connectivity index (χ1) is 7.35. The Hall–Kier alpha value is -0.0400. The van der Waals surface area contributed by atoms with Crippen LogP contribution in [-0.2, 0) is 0 Å². The standard InChI is InChI=1S/C14H30N/c1-4-7-8-9-10-11-14-15(12-5-2)13-6-3/h1,4-14H2,2-3H3. The lowest BCUT2D eigenvalue weighted by atomic mass is 10.1. The molecule has 0 amide bonds. The molecule has 0 unspecified atom stereocenters. The van der Waals surface area contributed by atoms with Gasteiger partial charge in [0.25, 0.3) is 0 Å². The Morgan fingerprint density at radius 1 is 0.733 bits per heavy atom. The van der Waals surface area contributed by atoms with Gasteiger partial charge >= 0.3 is 0 Å². The highest BCUT2D eigenvalue weighted by Gasteiger charge is 2.01. The highest BCUT2D eigenvalue weighted by Crippen LogP contribution is 2.06. The van der Waals surface area contributed by atoms with Crippen molar-refractivity contribution in [2.75, 3.05) is 19.6 Å². The van der Waals surface area contributed by atoms with E-state index >= 15 is 0 Å². The first-order valence-electron chi connectivity index (χ1n) is 6.86. The summed E-state index contributed by atoms with van der Waals surface area (Å²) in [4.78, 5) is 2.61. The van der Waals surface area contributed by atoms with E-state index < -0.39 is 0 Å². The predicted octanol–water partition coefficient (Wildman–Crippen LogP) is 4.28. The molecule has 0 aromatic heterocycles. The van der Waals surface area contributed by atoms with Gasteiger partial charge in [0.15, 0.2) is 0 Å². The van der Waals surface area contributed by atoms with Crippen molar-refractivity contribution in [3.8, 4) is 0 Å². The van der Waals surface area contributed by atoms with Crippen molar-refractivity contribution in [1.29, 1.82) is 0 Å². The van der Waals surface area contributed by atoms with Gasteiger partial charge in [0.05, 0.1) is 0 Å². The lowest BCUT2D eigenvalue weighted by Crippen LogP contribution is -2.26. The molecule has 0 spiro atoms. The molecule has 1 nitrogen and oxygen atoms in total. The predicted molar refractivity (Wildman–Crippen MR) is 70.1 cm³/mol. The Bertz CT molecular complexity index is 106. The van der Waals surface area contributed by atoms with Gasteiger partial charge in [-0.3, -0.25) is 0 Å². The van der Waals surface area contributed by atoms with Crippen LogP contribution in [0.1, 0.15) is 65.2 Å². The van der Waals surface area contributed by atoms with Crippen molar-refractivity contribution < 1.29 is 0 Å². The van der Waals surface area contributed by atoms with Crippen LogP contribution >= 0.6 is 0 Å². The molecule has 0 aliphatic carbocycles. The fraction of sp³-hybridized carbons (Fsp3) is 0.929. The van der Waals surface area contributed by atoms with Crippen LogP contribution in [0.25, 0.3) is 0 Å². The summed E-state index contributed by atoms with van der Waals surface area (Å²) in [5.74, 6) is 0. The molecule has 0 atom stereocenters. The van der Waals surface area contributed by atoms with Gasteiger partial charge in [-0.15, -0.1) is 0 Å². The van der Waals surface area contributed by atoms with E-state index in [0.29, 0.717) is 0 Å². The van der Waals surface area contributed by atoms with Crippen molar-refractivity contribution >= 4 is 0 Å². The van der Waals surface area contributed by atoms with Crippen LogP contribution in [0.5, 0.6) is 0 Å². The van der Waals surface area contributed by atoms with Gasteiger partial charge in [-0.2, -0.15) is 0 Å². The minimum atomic E-state index is 1.11. The zero-order valence-corrected chi connectivity index (χ0v) is 10.9. The normalized spacial score (nSPS) is 11.2. The average molecular weight is 212 g/mol. The monoisotopic (exact) mass is 212 g/mol. The van der Waals surface area contributed by atoms with Crippen LogP contribution < -0.4 is 0 Å². The van der Waals surface area contributed by atoms with Gasteiger partial charge in [0, 0.05) is 0 Å². The van der Waals surface area contributed by atoms with Gasteiger partial charge in [-0.25, -0.2) is 0 Å². The van der Waals surface area contributed by atoms with Gasteiger partial charge in [0.2, 0.25) is 0 Å². The number of unbranched alkanes of at least 4 members (excludes halogenated alkanes) is 5. The van der Waals surface area contributed by atoms with Crippen molar-refractivity contribution in [1.82, 2.24) is 4.90 Å². The minimum Gasteiger partial charge on any atom is -0.303 e. The number of rotatable bonds is 11. The smallest absolute Gasteiger partial charge is 0.00187 e. The summed E-state index contributed by atoms with van der Waals surface area (Å²) >= 11 is 0. The zero-order valence-electron chi connectivity index (χ0n) is 10.9. The molecule has 91 valence electrons. The van der Waals surface area contributed by atoms with E-state index in [9.17, 15) is 0 Å². The van der Waals surface area contributed by atoms with Crippen molar-refractivity contribution in [2.45, 2.75) is 65.2 Å². The maximum absolute atomic E-state index is 3.87. The number of hydrogen-bond acceptors (Lipinski definition) is 1. The molecule has 1 heteroatoms. The molecule has 0 rings (SSSR count). The third-order valence-electron chi connectivity index (χ3n) is 2.80. The van der Waals surface area contributed by atoms with Gasteiger partial charge < -0.3 is 4.90 Å². The van der Waals surface area contributed by atoms with Crippen LogP contribution in [0, 0.1) is 6.92 Å². The maximum Gasteiger partial charge on any atom is -0.00187 e. The molecule has 0 aliphatic rings. The molecule has 0 fully saturated rings. The van der Waals surface area contributed by atoms with Crippen molar-refractivity contribution in [2.24, 2.45) is 0 Å². The molecule has 0 aromatic rings. The molecule has 0 saturated carbocycles. The van der Waals surface area contributed by atoms with E-state index in [1.807, 2.05) is 0 Å². The van der Waals surface area contributed by atoms with E-state index in [1.54, 1.807) is 0 Å². The van der Waals surface area contributed by atoms with Crippen LogP contribution in [-0.4, -0.2) is 24.5 Å². The van der Waals surface area contributed by atoms with E-state index in [4.69, 9.17) is 0 Å².